The van der Waals surface area contributed by atoms with Gasteiger partial charge in [-0.05, 0) is 55.6 Å². The van der Waals surface area contributed by atoms with E-state index < -0.39 is 12.4 Å². The van der Waals surface area contributed by atoms with Gasteiger partial charge in [0.2, 0.25) is 12.4 Å². The molecule has 4 rings (SSSR count). The molecule has 1 aliphatic rings. The molecule has 0 amide bonds. The number of Topliss-reactive ketones (excluding diaryl/α,β-unsaturated/α-hetero) is 1. The number of anilines is 2. The maximum absolute atomic E-state index is 14.9. The summed E-state index contributed by atoms with van der Waals surface area (Å²) in [4.78, 5) is 24.9. The Kier molecular flexibility index (Phi) is 8.99. The number of hydrogen-bond acceptors (Lipinski definition) is 6. The van der Waals surface area contributed by atoms with Crippen LogP contribution in [-0.2, 0) is 6.42 Å². The number of hydrogen-bond donors (Lipinski definition) is 1. The first kappa shape index (κ1) is 27.6. The molecule has 38 heavy (non-hydrogen) atoms. The fourth-order valence-corrected chi connectivity index (χ4v) is 4.93. The van der Waals surface area contributed by atoms with Crippen molar-refractivity contribution in [1.82, 2.24) is 14.9 Å². The molecule has 1 fully saturated rings. The van der Waals surface area contributed by atoms with Crippen molar-refractivity contribution < 1.29 is 18.0 Å². The van der Waals surface area contributed by atoms with E-state index >= 15 is 0 Å². The zero-order chi connectivity index (χ0) is 27.2. The van der Waals surface area contributed by atoms with E-state index in [-0.39, 0.29) is 23.6 Å². The molecule has 3 heterocycles. The Morgan fingerprint density at radius 2 is 1.84 bits per heavy atom. The number of aromatic nitrogens is 2. The summed E-state index contributed by atoms with van der Waals surface area (Å²) in [6.45, 7) is 7.42. The third-order valence-corrected chi connectivity index (χ3v) is 6.98. The van der Waals surface area contributed by atoms with Crippen LogP contribution in [0.25, 0.3) is 22.4 Å². The summed E-state index contributed by atoms with van der Waals surface area (Å²) in [5, 5.41) is 0. The van der Waals surface area contributed by atoms with Crippen LogP contribution >= 0.6 is 0 Å². The van der Waals surface area contributed by atoms with Crippen molar-refractivity contribution in [2.24, 2.45) is 0 Å². The van der Waals surface area contributed by atoms with Crippen LogP contribution in [0.15, 0.2) is 42.6 Å². The average molecular weight is 526 g/mol. The second kappa shape index (κ2) is 12.4. The number of nitrogens with two attached hydrogens (primary N) is 1. The predicted octanol–water partition coefficient (Wildman–Crippen LogP) is 5.85. The fraction of sp³-hybridized carbons (Fsp3) is 0.414. The minimum atomic E-state index is -2.25. The van der Waals surface area contributed by atoms with Crippen molar-refractivity contribution in [3.8, 4) is 22.4 Å². The van der Waals surface area contributed by atoms with Crippen molar-refractivity contribution in [2.45, 2.75) is 46.0 Å². The largest absolute Gasteiger partial charge is 0.383 e. The maximum Gasteiger partial charge on any atom is 0.238 e. The van der Waals surface area contributed by atoms with E-state index in [1.165, 1.54) is 0 Å². The van der Waals surface area contributed by atoms with E-state index in [0.29, 0.717) is 29.8 Å². The van der Waals surface area contributed by atoms with Crippen molar-refractivity contribution >= 4 is 17.3 Å². The third-order valence-electron chi connectivity index (χ3n) is 6.98. The SMILES string of the molecule is CCCc1cc(-c2cc(-c3ccc(N4CCN(CCCC(F)F)CC4)cn3)c(F)nc2N)ccc1C(C)=O. The molecule has 3 aromatic rings. The Bertz CT molecular complexity index is 1260. The topological polar surface area (TPSA) is 75.3 Å². The second-order valence-electron chi connectivity index (χ2n) is 9.70. The molecule has 0 atom stereocenters. The van der Waals surface area contributed by atoms with Crippen molar-refractivity contribution in [1.29, 1.82) is 0 Å². The van der Waals surface area contributed by atoms with E-state index in [1.54, 1.807) is 31.3 Å². The predicted molar refractivity (Wildman–Crippen MR) is 145 cm³/mol. The van der Waals surface area contributed by atoms with Gasteiger partial charge in [0.1, 0.15) is 5.82 Å². The maximum atomic E-state index is 14.9. The molecule has 0 unspecified atom stereocenters. The van der Waals surface area contributed by atoms with Gasteiger partial charge >= 0.3 is 0 Å². The Morgan fingerprint density at radius 3 is 2.47 bits per heavy atom. The lowest BCUT2D eigenvalue weighted by molar-refractivity contribution is 0.101. The summed E-state index contributed by atoms with van der Waals surface area (Å²) in [5.74, 6) is -0.617. The van der Waals surface area contributed by atoms with Gasteiger partial charge in [0.05, 0.1) is 23.1 Å². The minimum Gasteiger partial charge on any atom is -0.383 e. The smallest absolute Gasteiger partial charge is 0.238 e. The van der Waals surface area contributed by atoms with Gasteiger partial charge in [-0.1, -0.05) is 31.5 Å². The van der Waals surface area contributed by atoms with E-state index in [4.69, 9.17) is 5.73 Å². The number of pyridine rings is 2. The van der Waals surface area contributed by atoms with Gasteiger partial charge < -0.3 is 10.6 Å². The number of aryl methyl sites for hydroxylation is 1. The highest BCUT2D eigenvalue weighted by Gasteiger charge is 2.19. The van der Waals surface area contributed by atoms with Gasteiger partial charge in [0.25, 0.3) is 0 Å². The summed E-state index contributed by atoms with van der Waals surface area (Å²) in [6, 6.07) is 10.9. The summed E-state index contributed by atoms with van der Waals surface area (Å²) in [5.41, 5.74) is 10.7. The summed E-state index contributed by atoms with van der Waals surface area (Å²) < 4.78 is 39.7. The number of ketones is 1. The highest BCUT2D eigenvalue weighted by molar-refractivity contribution is 5.96. The van der Waals surface area contributed by atoms with Crippen LogP contribution in [0.3, 0.4) is 0 Å². The van der Waals surface area contributed by atoms with Gasteiger partial charge in [-0.2, -0.15) is 4.39 Å². The van der Waals surface area contributed by atoms with Crippen molar-refractivity contribution in [3.05, 3.63) is 59.7 Å². The number of halogens is 3. The Morgan fingerprint density at radius 1 is 1.08 bits per heavy atom. The first-order chi connectivity index (χ1) is 18.3. The highest BCUT2D eigenvalue weighted by atomic mass is 19.3. The summed E-state index contributed by atoms with van der Waals surface area (Å²) in [7, 11) is 0. The molecule has 0 aliphatic carbocycles. The summed E-state index contributed by atoms with van der Waals surface area (Å²) in [6.07, 6.45) is 1.54. The van der Waals surface area contributed by atoms with E-state index in [9.17, 15) is 18.0 Å². The number of benzene rings is 1. The fourth-order valence-electron chi connectivity index (χ4n) is 4.93. The molecule has 0 radical (unpaired) electrons. The molecule has 1 aromatic carbocycles. The van der Waals surface area contributed by atoms with Gasteiger partial charge in [-0.3, -0.25) is 14.7 Å². The molecule has 0 bridgehead atoms. The molecule has 0 spiro atoms. The van der Waals surface area contributed by atoms with Crippen LogP contribution in [0, 0.1) is 5.95 Å². The zero-order valence-electron chi connectivity index (χ0n) is 21.9. The molecule has 9 heteroatoms. The molecule has 1 aliphatic heterocycles. The van der Waals surface area contributed by atoms with E-state index in [1.807, 2.05) is 18.2 Å². The normalized spacial score (nSPS) is 14.3. The number of carbonyl (C=O) groups is 1. The number of nitrogens with zero attached hydrogens (tertiary/aromatic N) is 4. The summed E-state index contributed by atoms with van der Waals surface area (Å²) >= 11 is 0. The van der Waals surface area contributed by atoms with E-state index in [0.717, 1.165) is 55.8 Å². The molecule has 6 nitrogen and oxygen atoms in total. The lowest BCUT2D eigenvalue weighted by atomic mass is 9.94. The lowest BCUT2D eigenvalue weighted by Gasteiger charge is -2.36. The van der Waals surface area contributed by atoms with Gasteiger partial charge in [0.15, 0.2) is 5.78 Å². The van der Waals surface area contributed by atoms with Crippen LogP contribution in [0.1, 0.15) is 49.0 Å². The zero-order valence-corrected chi connectivity index (χ0v) is 21.9. The molecule has 1 saturated heterocycles. The highest BCUT2D eigenvalue weighted by Crippen LogP contribution is 2.33. The Labute approximate surface area is 221 Å². The number of alkyl halides is 2. The van der Waals surface area contributed by atoms with E-state index in [2.05, 4.69) is 26.7 Å². The molecule has 202 valence electrons. The first-order valence-corrected chi connectivity index (χ1v) is 13.1. The van der Waals surface area contributed by atoms with Crippen LogP contribution in [0.5, 0.6) is 0 Å². The minimum absolute atomic E-state index is 0.00309. The van der Waals surface area contributed by atoms with Crippen LogP contribution < -0.4 is 10.6 Å². The number of piperazine rings is 1. The third kappa shape index (κ3) is 6.51. The molecule has 2 N–H and O–H groups in total. The van der Waals surface area contributed by atoms with Crippen molar-refractivity contribution in [2.75, 3.05) is 43.4 Å². The molecular formula is C29H34F3N5O. The number of carbonyl (C=O) groups excluding carboxylic acids is 1. The van der Waals surface area contributed by atoms with Crippen LogP contribution in [-0.4, -0.2) is 59.8 Å². The number of rotatable bonds is 10. The standard InChI is InChI=1S/C29H34F3N5O/c1-3-5-20-16-21(7-9-23(20)19(2)38)24-17-25(28(32)35-29(24)33)26-10-8-22(18-34-26)37-14-12-36(13-15-37)11-4-6-27(30)31/h7-10,16-18,27H,3-6,11-15H2,1-2H3,(H2,33,35). The van der Waals surface area contributed by atoms with Crippen LogP contribution in [0.4, 0.5) is 24.7 Å². The van der Waals surface area contributed by atoms with Gasteiger partial charge in [-0.15, -0.1) is 0 Å². The quantitative estimate of drug-likeness (QED) is 0.264. The van der Waals surface area contributed by atoms with Gasteiger partial charge in [-0.25, -0.2) is 13.8 Å². The monoisotopic (exact) mass is 525 g/mol. The number of nitrogen functional groups attached to an aromatic ring is 1. The van der Waals surface area contributed by atoms with Crippen LogP contribution in [0.2, 0.25) is 0 Å². The van der Waals surface area contributed by atoms with Crippen molar-refractivity contribution in [3.63, 3.8) is 0 Å². The molecule has 0 saturated carbocycles. The Hall–Kier alpha value is -3.46. The molecular weight excluding hydrogens is 491 g/mol. The molecule has 2 aromatic heterocycles. The average Bonchev–Trinajstić information content (AvgIpc) is 2.89. The first-order valence-electron chi connectivity index (χ1n) is 13.1. The Balaban J connectivity index is 1.51. The second-order valence-corrected chi connectivity index (χ2v) is 9.70. The lowest BCUT2D eigenvalue weighted by Crippen LogP contribution is -2.46. The van der Waals surface area contributed by atoms with Gasteiger partial charge in [0, 0.05) is 43.7 Å².